The Morgan fingerprint density at radius 2 is 1.90 bits per heavy atom. The molecule has 0 N–H and O–H groups in total. The lowest BCUT2D eigenvalue weighted by molar-refractivity contribution is -0.136. The summed E-state index contributed by atoms with van der Waals surface area (Å²) in [7, 11) is 0. The molecule has 0 unspecified atom stereocenters. The fourth-order valence-corrected chi connectivity index (χ4v) is 1.72. The van der Waals surface area contributed by atoms with Crippen molar-refractivity contribution < 1.29 is 18.7 Å². The van der Waals surface area contributed by atoms with Gasteiger partial charge in [0, 0.05) is 16.7 Å². The lowest BCUT2D eigenvalue weighted by Gasteiger charge is -2.01. The third-order valence-electron chi connectivity index (χ3n) is 2.66. The SMILES string of the molecule is Cc1ccc(C=CC(=O)OCC(=O)c2ccc(Cl)cc2)o1. The predicted octanol–water partition coefficient (Wildman–Crippen LogP) is 3.68. The van der Waals surface area contributed by atoms with Crippen LogP contribution in [0.3, 0.4) is 0 Å². The van der Waals surface area contributed by atoms with Crippen LogP contribution in [0.1, 0.15) is 21.9 Å². The highest BCUT2D eigenvalue weighted by molar-refractivity contribution is 6.30. The Morgan fingerprint density at radius 1 is 1.19 bits per heavy atom. The maximum Gasteiger partial charge on any atom is 0.331 e. The first-order valence-electron chi connectivity index (χ1n) is 6.24. The van der Waals surface area contributed by atoms with Gasteiger partial charge in [0.1, 0.15) is 11.5 Å². The van der Waals surface area contributed by atoms with E-state index < -0.39 is 5.97 Å². The van der Waals surface area contributed by atoms with Crippen LogP contribution in [0.5, 0.6) is 0 Å². The van der Waals surface area contributed by atoms with Gasteiger partial charge in [-0.3, -0.25) is 4.79 Å². The molecular formula is C16H13ClO4. The van der Waals surface area contributed by atoms with Crippen LogP contribution < -0.4 is 0 Å². The molecular weight excluding hydrogens is 292 g/mol. The van der Waals surface area contributed by atoms with Crippen LogP contribution >= 0.6 is 11.6 Å². The van der Waals surface area contributed by atoms with E-state index in [4.69, 9.17) is 20.8 Å². The van der Waals surface area contributed by atoms with Crippen molar-refractivity contribution in [1.29, 1.82) is 0 Å². The number of hydrogen-bond acceptors (Lipinski definition) is 4. The van der Waals surface area contributed by atoms with Gasteiger partial charge in [0.05, 0.1) is 0 Å². The Labute approximate surface area is 127 Å². The van der Waals surface area contributed by atoms with Gasteiger partial charge in [-0.1, -0.05) is 11.6 Å². The van der Waals surface area contributed by atoms with Crippen LogP contribution in [0.2, 0.25) is 5.02 Å². The smallest absolute Gasteiger partial charge is 0.331 e. The second-order valence-corrected chi connectivity index (χ2v) is 4.76. The average molecular weight is 305 g/mol. The average Bonchev–Trinajstić information content (AvgIpc) is 2.89. The molecule has 4 nitrogen and oxygen atoms in total. The number of halogens is 1. The maximum absolute atomic E-state index is 11.8. The van der Waals surface area contributed by atoms with E-state index in [9.17, 15) is 9.59 Å². The van der Waals surface area contributed by atoms with Crippen molar-refractivity contribution in [2.75, 3.05) is 6.61 Å². The zero-order valence-corrected chi connectivity index (χ0v) is 12.1. The number of esters is 1. The Morgan fingerprint density at radius 3 is 2.52 bits per heavy atom. The summed E-state index contributed by atoms with van der Waals surface area (Å²) in [6, 6.07) is 9.90. The normalized spacial score (nSPS) is 10.8. The van der Waals surface area contributed by atoms with Crippen LogP contribution in [0.25, 0.3) is 6.08 Å². The van der Waals surface area contributed by atoms with Crippen molar-refractivity contribution in [2.24, 2.45) is 0 Å². The molecule has 1 aromatic carbocycles. The number of hydrogen-bond donors (Lipinski definition) is 0. The molecule has 0 atom stereocenters. The van der Waals surface area contributed by atoms with E-state index in [0.29, 0.717) is 16.3 Å². The molecule has 2 aromatic rings. The number of rotatable bonds is 5. The summed E-state index contributed by atoms with van der Waals surface area (Å²) in [5.41, 5.74) is 0.442. The van der Waals surface area contributed by atoms with Crippen LogP contribution in [-0.2, 0) is 9.53 Å². The number of furan rings is 1. The monoisotopic (exact) mass is 304 g/mol. The molecule has 0 spiro atoms. The van der Waals surface area contributed by atoms with E-state index in [0.717, 1.165) is 5.76 Å². The zero-order chi connectivity index (χ0) is 15.2. The summed E-state index contributed by atoms with van der Waals surface area (Å²) in [5, 5.41) is 0.542. The van der Waals surface area contributed by atoms with Crippen molar-refractivity contribution in [3.8, 4) is 0 Å². The Kier molecular flexibility index (Phi) is 4.95. The maximum atomic E-state index is 11.8. The number of Topliss-reactive ketones (excluding diaryl/α,β-unsaturated/α-hetero) is 1. The van der Waals surface area contributed by atoms with Gasteiger partial charge >= 0.3 is 5.97 Å². The minimum atomic E-state index is -0.605. The molecule has 2 rings (SSSR count). The molecule has 0 bridgehead atoms. The molecule has 0 saturated heterocycles. The second kappa shape index (κ2) is 6.90. The van der Waals surface area contributed by atoms with E-state index in [2.05, 4.69) is 0 Å². The van der Waals surface area contributed by atoms with Crippen molar-refractivity contribution >= 4 is 29.4 Å². The molecule has 108 valence electrons. The van der Waals surface area contributed by atoms with E-state index in [-0.39, 0.29) is 12.4 Å². The van der Waals surface area contributed by atoms with Gasteiger partial charge in [0.15, 0.2) is 12.4 Å². The minimum Gasteiger partial charge on any atom is -0.462 e. The van der Waals surface area contributed by atoms with Gasteiger partial charge in [-0.05, 0) is 49.4 Å². The highest BCUT2D eigenvalue weighted by Gasteiger charge is 2.08. The molecule has 21 heavy (non-hydrogen) atoms. The number of aryl methyl sites for hydroxylation is 1. The Bertz CT molecular complexity index is 668. The molecule has 0 amide bonds. The zero-order valence-electron chi connectivity index (χ0n) is 11.3. The van der Waals surface area contributed by atoms with Gasteiger partial charge in [-0.15, -0.1) is 0 Å². The summed E-state index contributed by atoms with van der Waals surface area (Å²) < 4.78 is 10.1. The van der Waals surface area contributed by atoms with Gasteiger partial charge in [-0.2, -0.15) is 0 Å². The van der Waals surface area contributed by atoms with E-state index >= 15 is 0 Å². The molecule has 0 saturated carbocycles. The van der Waals surface area contributed by atoms with Crippen molar-refractivity contribution in [3.05, 3.63) is 64.6 Å². The lowest BCUT2D eigenvalue weighted by Crippen LogP contribution is -2.12. The first kappa shape index (κ1) is 15.1. The Balaban J connectivity index is 1.85. The fraction of sp³-hybridized carbons (Fsp3) is 0.125. The summed E-state index contributed by atoms with van der Waals surface area (Å²) in [5.74, 6) is 0.406. The number of ether oxygens (including phenoxy) is 1. The molecule has 0 radical (unpaired) electrons. The number of ketones is 1. The van der Waals surface area contributed by atoms with Gasteiger partial charge in [0.2, 0.25) is 0 Å². The largest absolute Gasteiger partial charge is 0.462 e. The highest BCUT2D eigenvalue weighted by atomic mass is 35.5. The van der Waals surface area contributed by atoms with Crippen molar-refractivity contribution in [2.45, 2.75) is 6.92 Å². The number of carbonyl (C=O) groups excluding carboxylic acids is 2. The lowest BCUT2D eigenvalue weighted by atomic mass is 10.1. The second-order valence-electron chi connectivity index (χ2n) is 4.32. The Hall–Kier alpha value is -2.33. The van der Waals surface area contributed by atoms with Gasteiger partial charge in [-0.25, -0.2) is 4.79 Å². The van der Waals surface area contributed by atoms with Crippen molar-refractivity contribution in [3.63, 3.8) is 0 Å². The standard InChI is InChI=1S/C16H13ClO4/c1-11-2-7-14(21-11)8-9-16(19)20-10-15(18)12-3-5-13(17)6-4-12/h2-9H,10H2,1H3. The van der Waals surface area contributed by atoms with E-state index in [1.54, 1.807) is 43.3 Å². The van der Waals surface area contributed by atoms with Crippen LogP contribution in [0, 0.1) is 6.92 Å². The van der Waals surface area contributed by atoms with Crippen molar-refractivity contribution in [1.82, 2.24) is 0 Å². The number of carbonyl (C=O) groups is 2. The molecule has 5 heteroatoms. The minimum absolute atomic E-state index is 0.290. The molecule has 0 aliphatic heterocycles. The fourth-order valence-electron chi connectivity index (χ4n) is 1.60. The molecule has 0 fully saturated rings. The topological polar surface area (TPSA) is 56.5 Å². The first-order valence-corrected chi connectivity index (χ1v) is 6.62. The summed E-state index contributed by atoms with van der Waals surface area (Å²) in [6.45, 7) is 1.49. The predicted molar refractivity (Wildman–Crippen MR) is 79.2 cm³/mol. The molecule has 0 aliphatic rings. The van der Waals surface area contributed by atoms with Crippen LogP contribution in [0.15, 0.2) is 46.9 Å². The van der Waals surface area contributed by atoms with E-state index in [1.165, 1.54) is 12.2 Å². The number of benzene rings is 1. The van der Waals surface area contributed by atoms with Gasteiger partial charge in [0.25, 0.3) is 0 Å². The first-order chi connectivity index (χ1) is 10.0. The highest BCUT2D eigenvalue weighted by Crippen LogP contribution is 2.10. The van der Waals surface area contributed by atoms with Crippen LogP contribution in [0.4, 0.5) is 0 Å². The summed E-state index contributed by atoms with van der Waals surface area (Å²) >= 11 is 5.73. The van der Waals surface area contributed by atoms with E-state index in [1.807, 2.05) is 0 Å². The summed E-state index contributed by atoms with van der Waals surface area (Å²) in [6.07, 6.45) is 2.70. The van der Waals surface area contributed by atoms with Gasteiger partial charge < -0.3 is 9.15 Å². The van der Waals surface area contributed by atoms with Crippen LogP contribution in [-0.4, -0.2) is 18.4 Å². The molecule has 1 aromatic heterocycles. The quantitative estimate of drug-likeness (QED) is 0.480. The molecule has 1 heterocycles. The third kappa shape index (κ3) is 4.61. The molecule has 0 aliphatic carbocycles. The third-order valence-corrected chi connectivity index (χ3v) is 2.91. The summed E-state index contributed by atoms with van der Waals surface area (Å²) in [4.78, 5) is 23.3.